The number of hydrogen-bond acceptors (Lipinski definition) is 3. The van der Waals surface area contributed by atoms with Gasteiger partial charge in [-0.2, -0.15) is 0 Å². The second-order valence-corrected chi connectivity index (χ2v) is 3.73. The van der Waals surface area contributed by atoms with Crippen LogP contribution < -0.4 is 0 Å². The van der Waals surface area contributed by atoms with Gasteiger partial charge in [0.25, 0.3) is 0 Å². The zero-order chi connectivity index (χ0) is 9.97. The Morgan fingerprint density at radius 3 is 2.93 bits per heavy atom. The SMILES string of the molecule is O=C(O)Cc1coc(C2CCCC2)n1. The second kappa shape index (κ2) is 3.82. The van der Waals surface area contributed by atoms with Crippen LogP contribution in [0.3, 0.4) is 0 Å². The van der Waals surface area contributed by atoms with Crippen molar-refractivity contribution in [1.29, 1.82) is 0 Å². The molecule has 0 amide bonds. The standard InChI is InChI=1S/C10H13NO3/c12-9(13)5-8-6-14-10(11-8)7-3-1-2-4-7/h6-7H,1-5H2,(H,12,13). The summed E-state index contributed by atoms with van der Waals surface area (Å²) in [6.07, 6.45) is 6.10. The summed E-state index contributed by atoms with van der Waals surface area (Å²) in [5, 5.41) is 8.56. The largest absolute Gasteiger partial charge is 0.481 e. The maximum atomic E-state index is 10.4. The Morgan fingerprint density at radius 2 is 2.29 bits per heavy atom. The van der Waals surface area contributed by atoms with Crippen LogP contribution in [0, 0.1) is 0 Å². The van der Waals surface area contributed by atoms with Crippen molar-refractivity contribution < 1.29 is 14.3 Å². The molecule has 4 heteroatoms. The molecule has 1 N–H and O–H groups in total. The number of aromatic nitrogens is 1. The monoisotopic (exact) mass is 195 g/mol. The molecule has 76 valence electrons. The third kappa shape index (κ3) is 1.95. The normalized spacial score (nSPS) is 17.4. The van der Waals surface area contributed by atoms with Gasteiger partial charge in [-0.25, -0.2) is 4.98 Å². The van der Waals surface area contributed by atoms with E-state index >= 15 is 0 Å². The fourth-order valence-corrected chi connectivity index (χ4v) is 1.92. The third-order valence-corrected chi connectivity index (χ3v) is 2.61. The van der Waals surface area contributed by atoms with E-state index < -0.39 is 5.97 Å². The first-order valence-corrected chi connectivity index (χ1v) is 4.92. The first-order valence-electron chi connectivity index (χ1n) is 4.92. The summed E-state index contributed by atoms with van der Waals surface area (Å²) in [4.78, 5) is 14.6. The molecule has 14 heavy (non-hydrogen) atoms. The smallest absolute Gasteiger partial charge is 0.309 e. The van der Waals surface area contributed by atoms with Crippen LogP contribution in [0.15, 0.2) is 10.7 Å². The highest BCUT2D eigenvalue weighted by molar-refractivity contribution is 5.69. The van der Waals surface area contributed by atoms with Crippen LogP contribution in [0.5, 0.6) is 0 Å². The molecule has 1 fully saturated rings. The van der Waals surface area contributed by atoms with Crippen molar-refractivity contribution in [3.05, 3.63) is 17.8 Å². The second-order valence-electron chi connectivity index (χ2n) is 3.73. The first kappa shape index (κ1) is 9.24. The highest BCUT2D eigenvalue weighted by Crippen LogP contribution is 2.33. The topological polar surface area (TPSA) is 63.3 Å². The van der Waals surface area contributed by atoms with Crippen molar-refractivity contribution >= 4 is 5.97 Å². The lowest BCUT2D eigenvalue weighted by atomic mass is 10.1. The van der Waals surface area contributed by atoms with Gasteiger partial charge in [0.2, 0.25) is 0 Å². The summed E-state index contributed by atoms with van der Waals surface area (Å²) in [5.74, 6) is 0.271. The summed E-state index contributed by atoms with van der Waals surface area (Å²) < 4.78 is 5.28. The quantitative estimate of drug-likeness (QED) is 0.800. The van der Waals surface area contributed by atoms with Crippen LogP contribution in [-0.2, 0) is 11.2 Å². The molecular weight excluding hydrogens is 182 g/mol. The predicted octanol–water partition coefficient (Wildman–Crippen LogP) is 1.96. The lowest BCUT2D eigenvalue weighted by molar-refractivity contribution is -0.136. The third-order valence-electron chi connectivity index (χ3n) is 2.61. The molecule has 1 aliphatic rings. The summed E-state index contributed by atoms with van der Waals surface area (Å²) >= 11 is 0. The van der Waals surface area contributed by atoms with Crippen LogP contribution in [-0.4, -0.2) is 16.1 Å². The number of hydrogen-bond donors (Lipinski definition) is 1. The molecule has 1 aromatic rings. The fourth-order valence-electron chi connectivity index (χ4n) is 1.92. The molecule has 1 aromatic heterocycles. The first-order chi connectivity index (χ1) is 6.75. The molecule has 1 aliphatic carbocycles. The number of rotatable bonds is 3. The molecule has 0 aliphatic heterocycles. The minimum atomic E-state index is -0.865. The van der Waals surface area contributed by atoms with Crippen molar-refractivity contribution in [2.75, 3.05) is 0 Å². The Hall–Kier alpha value is -1.32. The molecular formula is C10H13NO3. The molecule has 0 unspecified atom stereocenters. The Balaban J connectivity index is 2.05. The molecule has 0 radical (unpaired) electrons. The Morgan fingerprint density at radius 1 is 1.57 bits per heavy atom. The Bertz CT molecular complexity index is 326. The van der Waals surface area contributed by atoms with Gasteiger partial charge >= 0.3 is 5.97 Å². The average molecular weight is 195 g/mol. The van der Waals surface area contributed by atoms with Crippen LogP contribution in [0.2, 0.25) is 0 Å². The fraction of sp³-hybridized carbons (Fsp3) is 0.600. The van der Waals surface area contributed by atoms with E-state index in [-0.39, 0.29) is 6.42 Å². The van der Waals surface area contributed by atoms with E-state index in [0.717, 1.165) is 18.7 Å². The molecule has 0 atom stereocenters. The van der Waals surface area contributed by atoms with Gasteiger partial charge in [0.1, 0.15) is 6.26 Å². The van der Waals surface area contributed by atoms with Crippen LogP contribution in [0.4, 0.5) is 0 Å². The highest BCUT2D eigenvalue weighted by atomic mass is 16.4. The summed E-state index contributed by atoms with van der Waals surface area (Å²) in [6.45, 7) is 0. The van der Waals surface area contributed by atoms with Gasteiger partial charge in [-0.15, -0.1) is 0 Å². The van der Waals surface area contributed by atoms with E-state index in [1.54, 1.807) is 0 Å². The van der Waals surface area contributed by atoms with Gasteiger partial charge in [0.05, 0.1) is 12.1 Å². The number of nitrogens with zero attached hydrogens (tertiary/aromatic N) is 1. The number of oxazole rings is 1. The molecule has 0 aromatic carbocycles. The van der Waals surface area contributed by atoms with Crippen LogP contribution in [0.25, 0.3) is 0 Å². The van der Waals surface area contributed by atoms with E-state index in [1.165, 1.54) is 19.1 Å². The molecule has 1 heterocycles. The van der Waals surface area contributed by atoms with Crippen molar-refractivity contribution in [3.8, 4) is 0 Å². The Labute approximate surface area is 81.9 Å². The molecule has 2 rings (SSSR count). The van der Waals surface area contributed by atoms with Crippen LogP contribution in [0.1, 0.15) is 43.2 Å². The highest BCUT2D eigenvalue weighted by Gasteiger charge is 2.22. The van der Waals surface area contributed by atoms with Gasteiger partial charge in [-0.3, -0.25) is 4.79 Å². The van der Waals surface area contributed by atoms with Crippen molar-refractivity contribution in [3.63, 3.8) is 0 Å². The lowest BCUT2D eigenvalue weighted by Crippen LogP contribution is -2.01. The summed E-state index contributed by atoms with van der Waals surface area (Å²) in [6, 6.07) is 0. The maximum Gasteiger partial charge on any atom is 0.309 e. The van der Waals surface area contributed by atoms with Gasteiger partial charge < -0.3 is 9.52 Å². The molecule has 0 saturated heterocycles. The molecule has 1 saturated carbocycles. The zero-order valence-corrected chi connectivity index (χ0v) is 7.90. The van der Waals surface area contributed by atoms with E-state index in [0.29, 0.717) is 11.6 Å². The predicted molar refractivity (Wildman–Crippen MR) is 49.1 cm³/mol. The average Bonchev–Trinajstić information content (AvgIpc) is 2.69. The number of carbonyl (C=O) groups is 1. The van der Waals surface area contributed by atoms with Gasteiger partial charge in [0.15, 0.2) is 5.89 Å². The minimum absolute atomic E-state index is 0.0454. The zero-order valence-electron chi connectivity index (χ0n) is 7.90. The number of carboxylic acids is 1. The van der Waals surface area contributed by atoms with E-state index in [1.807, 2.05) is 0 Å². The number of carboxylic acid groups (broad SMARTS) is 1. The summed E-state index contributed by atoms with van der Waals surface area (Å²) in [5.41, 5.74) is 0.527. The maximum absolute atomic E-state index is 10.4. The summed E-state index contributed by atoms with van der Waals surface area (Å²) in [7, 11) is 0. The lowest BCUT2D eigenvalue weighted by Gasteiger charge is -2.00. The minimum Gasteiger partial charge on any atom is -0.481 e. The van der Waals surface area contributed by atoms with Crippen molar-refractivity contribution in [2.24, 2.45) is 0 Å². The van der Waals surface area contributed by atoms with E-state index in [9.17, 15) is 4.79 Å². The number of aliphatic carboxylic acids is 1. The molecule has 0 spiro atoms. The van der Waals surface area contributed by atoms with E-state index in [4.69, 9.17) is 9.52 Å². The molecule has 0 bridgehead atoms. The van der Waals surface area contributed by atoms with Crippen molar-refractivity contribution in [2.45, 2.75) is 38.0 Å². The van der Waals surface area contributed by atoms with Crippen LogP contribution >= 0.6 is 0 Å². The van der Waals surface area contributed by atoms with Gasteiger partial charge in [-0.05, 0) is 12.8 Å². The Kier molecular flexibility index (Phi) is 2.52. The molecule has 4 nitrogen and oxygen atoms in total. The van der Waals surface area contributed by atoms with Gasteiger partial charge in [0, 0.05) is 5.92 Å². The van der Waals surface area contributed by atoms with Gasteiger partial charge in [-0.1, -0.05) is 12.8 Å². The van der Waals surface area contributed by atoms with E-state index in [2.05, 4.69) is 4.98 Å². The van der Waals surface area contributed by atoms with Crippen molar-refractivity contribution in [1.82, 2.24) is 4.98 Å².